The molecule has 0 N–H and O–H groups in total. The van der Waals surface area contributed by atoms with Gasteiger partial charge in [0.25, 0.3) is 11.6 Å². The molecule has 1 unspecified atom stereocenters. The van der Waals surface area contributed by atoms with Crippen molar-refractivity contribution in [3.8, 4) is 0 Å². The third kappa shape index (κ3) is 4.59. The predicted molar refractivity (Wildman–Crippen MR) is 113 cm³/mol. The molecule has 0 saturated carbocycles. The van der Waals surface area contributed by atoms with Crippen LogP contribution in [0.3, 0.4) is 0 Å². The summed E-state index contributed by atoms with van der Waals surface area (Å²) in [5, 5.41) is 13.7. The molecule has 29 heavy (non-hydrogen) atoms. The standard InChI is InChI=1S/C21H25N3O4S/c25-21(23(14-17-5-3-11-28-17)15-18-6-4-12-29-18)16-7-8-19(20(13-16)24(26)27)22-9-1-2-10-22/h4,6-8,12-13,17H,1-3,5,9-11,14-15H2. The Morgan fingerprint density at radius 2 is 2.10 bits per heavy atom. The minimum Gasteiger partial charge on any atom is -0.376 e. The Hall–Kier alpha value is -2.45. The van der Waals surface area contributed by atoms with Gasteiger partial charge in [-0.05, 0) is 49.3 Å². The summed E-state index contributed by atoms with van der Waals surface area (Å²) in [4.78, 5) is 29.5. The number of carbonyl (C=O) groups excluding carboxylic acids is 1. The monoisotopic (exact) mass is 415 g/mol. The Balaban J connectivity index is 1.59. The molecule has 2 aromatic rings. The van der Waals surface area contributed by atoms with Crippen LogP contribution in [0.5, 0.6) is 0 Å². The fourth-order valence-corrected chi connectivity index (χ4v) is 4.77. The van der Waals surface area contributed by atoms with Gasteiger partial charge in [0.05, 0.1) is 17.6 Å². The number of anilines is 1. The third-order valence-electron chi connectivity index (χ3n) is 5.53. The molecule has 2 fully saturated rings. The molecule has 4 rings (SSSR count). The van der Waals surface area contributed by atoms with Crippen molar-refractivity contribution in [1.82, 2.24) is 4.90 Å². The van der Waals surface area contributed by atoms with E-state index < -0.39 is 0 Å². The second-order valence-electron chi connectivity index (χ2n) is 7.55. The number of thiophene rings is 1. The van der Waals surface area contributed by atoms with E-state index >= 15 is 0 Å². The van der Waals surface area contributed by atoms with Crippen LogP contribution >= 0.6 is 11.3 Å². The van der Waals surface area contributed by atoms with Crippen LogP contribution < -0.4 is 4.90 Å². The highest BCUT2D eigenvalue weighted by Gasteiger charge is 2.27. The maximum Gasteiger partial charge on any atom is 0.293 e. The Kier molecular flexibility index (Phi) is 6.10. The number of nitro groups is 1. The smallest absolute Gasteiger partial charge is 0.293 e. The summed E-state index contributed by atoms with van der Waals surface area (Å²) >= 11 is 1.60. The number of nitro benzene ring substituents is 1. The zero-order chi connectivity index (χ0) is 20.2. The molecule has 0 aliphatic carbocycles. The van der Waals surface area contributed by atoms with Gasteiger partial charge in [-0.1, -0.05) is 6.07 Å². The van der Waals surface area contributed by atoms with E-state index in [1.54, 1.807) is 28.4 Å². The first kappa shape index (κ1) is 19.8. The molecule has 1 aromatic heterocycles. The molecule has 0 bridgehead atoms. The number of benzene rings is 1. The Morgan fingerprint density at radius 1 is 1.28 bits per heavy atom. The number of rotatable bonds is 7. The summed E-state index contributed by atoms with van der Waals surface area (Å²) in [6.07, 6.45) is 4.03. The van der Waals surface area contributed by atoms with Crippen molar-refractivity contribution in [2.75, 3.05) is 31.1 Å². The van der Waals surface area contributed by atoms with Crippen molar-refractivity contribution >= 4 is 28.6 Å². The number of hydrogen-bond donors (Lipinski definition) is 0. The lowest BCUT2D eigenvalue weighted by Gasteiger charge is -2.25. The van der Waals surface area contributed by atoms with Gasteiger partial charge in [-0.15, -0.1) is 11.3 Å². The number of nitrogens with zero attached hydrogens (tertiary/aromatic N) is 3. The van der Waals surface area contributed by atoms with E-state index in [9.17, 15) is 14.9 Å². The van der Waals surface area contributed by atoms with Gasteiger partial charge in [0.1, 0.15) is 5.69 Å². The summed E-state index contributed by atoms with van der Waals surface area (Å²) < 4.78 is 5.73. The van der Waals surface area contributed by atoms with E-state index in [1.165, 1.54) is 6.07 Å². The first-order valence-corrected chi connectivity index (χ1v) is 11.0. The molecule has 8 heteroatoms. The van der Waals surface area contributed by atoms with Gasteiger partial charge >= 0.3 is 0 Å². The summed E-state index contributed by atoms with van der Waals surface area (Å²) in [5.74, 6) is -0.190. The van der Waals surface area contributed by atoms with Crippen LogP contribution in [0.2, 0.25) is 0 Å². The zero-order valence-corrected chi connectivity index (χ0v) is 17.1. The molecule has 0 radical (unpaired) electrons. The maximum absolute atomic E-state index is 13.3. The quantitative estimate of drug-likeness (QED) is 0.503. The van der Waals surface area contributed by atoms with E-state index in [1.807, 2.05) is 22.4 Å². The summed E-state index contributed by atoms with van der Waals surface area (Å²) in [7, 11) is 0. The van der Waals surface area contributed by atoms with E-state index in [0.717, 1.165) is 50.3 Å². The van der Waals surface area contributed by atoms with Crippen molar-refractivity contribution < 1.29 is 14.5 Å². The minimum absolute atomic E-state index is 0.00550. The van der Waals surface area contributed by atoms with Gasteiger partial charge in [0, 0.05) is 42.7 Å². The fourth-order valence-electron chi connectivity index (χ4n) is 4.05. The second-order valence-corrected chi connectivity index (χ2v) is 8.59. The van der Waals surface area contributed by atoms with E-state index in [0.29, 0.717) is 24.3 Å². The third-order valence-corrected chi connectivity index (χ3v) is 6.39. The lowest BCUT2D eigenvalue weighted by molar-refractivity contribution is -0.384. The molecule has 1 aromatic carbocycles. The molecule has 154 valence electrons. The summed E-state index contributed by atoms with van der Waals surface area (Å²) in [6, 6.07) is 8.85. The van der Waals surface area contributed by atoms with Gasteiger partial charge < -0.3 is 14.5 Å². The highest BCUT2D eigenvalue weighted by molar-refractivity contribution is 7.09. The number of carbonyl (C=O) groups is 1. The fraction of sp³-hybridized carbons (Fsp3) is 0.476. The van der Waals surface area contributed by atoms with E-state index in [4.69, 9.17) is 4.74 Å². The zero-order valence-electron chi connectivity index (χ0n) is 16.3. The summed E-state index contributed by atoms with van der Waals surface area (Å²) in [6.45, 7) is 3.34. The van der Waals surface area contributed by atoms with E-state index in [2.05, 4.69) is 0 Å². The molecule has 3 heterocycles. The molecule has 1 amide bonds. The van der Waals surface area contributed by atoms with Crippen LogP contribution in [0.1, 0.15) is 40.9 Å². The van der Waals surface area contributed by atoms with Crippen LogP contribution in [-0.4, -0.2) is 48.1 Å². The molecular weight excluding hydrogens is 390 g/mol. The number of amides is 1. The first-order valence-electron chi connectivity index (χ1n) is 10.1. The molecule has 7 nitrogen and oxygen atoms in total. The van der Waals surface area contributed by atoms with Crippen LogP contribution in [-0.2, 0) is 11.3 Å². The minimum atomic E-state index is -0.381. The molecule has 2 saturated heterocycles. The number of ether oxygens (including phenoxy) is 1. The highest BCUT2D eigenvalue weighted by Crippen LogP contribution is 2.32. The average Bonchev–Trinajstić information content (AvgIpc) is 3.49. The van der Waals surface area contributed by atoms with Crippen molar-refractivity contribution in [2.45, 2.75) is 38.3 Å². The van der Waals surface area contributed by atoms with Crippen LogP contribution in [0.4, 0.5) is 11.4 Å². The summed E-state index contributed by atoms with van der Waals surface area (Å²) in [5.41, 5.74) is 0.966. The van der Waals surface area contributed by atoms with Gasteiger partial charge in [-0.25, -0.2) is 0 Å². The average molecular weight is 416 g/mol. The van der Waals surface area contributed by atoms with Crippen molar-refractivity contribution in [3.05, 3.63) is 56.3 Å². The predicted octanol–water partition coefficient (Wildman–Crippen LogP) is 4.08. The molecule has 2 aliphatic rings. The molecular formula is C21H25N3O4S. The molecule has 2 aliphatic heterocycles. The lowest BCUT2D eigenvalue weighted by atomic mass is 10.1. The molecule has 0 spiro atoms. The van der Waals surface area contributed by atoms with Crippen LogP contribution in [0.25, 0.3) is 0 Å². The topological polar surface area (TPSA) is 75.9 Å². The van der Waals surface area contributed by atoms with Gasteiger partial charge in [-0.2, -0.15) is 0 Å². The van der Waals surface area contributed by atoms with Crippen molar-refractivity contribution in [2.24, 2.45) is 0 Å². The number of hydrogen-bond acceptors (Lipinski definition) is 6. The lowest BCUT2D eigenvalue weighted by Crippen LogP contribution is -2.36. The van der Waals surface area contributed by atoms with Crippen molar-refractivity contribution in [3.63, 3.8) is 0 Å². The van der Waals surface area contributed by atoms with Crippen LogP contribution in [0, 0.1) is 10.1 Å². The Bertz CT molecular complexity index is 859. The largest absolute Gasteiger partial charge is 0.376 e. The normalized spacial score (nSPS) is 18.9. The highest BCUT2D eigenvalue weighted by atomic mass is 32.1. The first-order chi connectivity index (χ1) is 14.1. The van der Waals surface area contributed by atoms with Gasteiger partial charge in [0.2, 0.25) is 0 Å². The van der Waals surface area contributed by atoms with Gasteiger partial charge in [0.15, 0.2) is 0 Å². The Labute approximate surface area is 174 Å². The second kappa shape index (κ2) is 8.92. The van der Waals surface area contributed by atoms with Gasteiger partial charge in [-0.3, -0.25) is 14.9 Å². The molecule has 1 atom stereocenters. The SMILES string of the molecule is O=C(c1ccc(N2CCCC2)c([N+](=O)[O-])c1)N(Cc1cccs1)CC1CCCO1. The Morgan fingerprint density at radius 3 is 2.76 bits per heavy atom. The van der Waals surface area contributed by atoms with E-state index in [-0.39, 0.29) is 22.6 Å². The maximum atomic E-state index is 13.3. The van der Waals surface area contributed by atoms with Crippen molar-refractivity contribution in [1.29, 1.82) is 0 Å². The van der Waals surface area contributed by atoms with Crippen LogP contribution in [0.15, 0.2) is 35.7 Å².